The summed E-state index contributed by atoms with van der Waals surface area (Å²) in [5, 5.41) is 33.0. The monoisotopic (exact) mass is 638 g/mol. The molecule has 0 saturated carbocycles. The van der Waals surface area contributed by atoms with Crippen LogP contribution in [0, 0.1) is 23.2 Å². The second kappa shape index (κ2) is 14.3. The number of aliphatic hydroxyl groups is 1. The molecule has 2 amide bonds. The van der Waals surface area contributed by atoms with E-state index in [-0.39, 0.29) is 47.7 Å². The van der Waals surface area contributed by atoms with Crippen LogP contribution >= 0.6 is 0 Å². The van der Waals surface area contributed by atoms with Crippen LogP contribution in [0.4, 0.5) is 10.5 Å². The van der Waals surface area contributed by atoms with Gasteiger partial charge in [0.15, 0.2) is 0 Å². The number of amides is 2. The lowest BCUT2D eigenvalue weighted by Gasteiger charge is -2.32. The molecule has 2 aromatic carbocycles. The van der Waals surface area contributed by atoms with Gasteiger partial charge in [0.05, 0.1) is 30.6 Å². The van der Waals surface area contributed by atoms with Crippen LogP contribution in [0.25, 0.3) is 0 Å². The highest BCUT2D eigenvalue weighted by Crippen LogP contribution is 2.38. The summed E-state index contributed by atoms with van der Waals surface area (Å²) in [6.45, 7) is 8.66. The van der Waals surface area contributed by atoms with Gasteiger partial charge in [-0.1, -0.05) is 62.7 Å². The number of nitrogens with one attached hydrogen (secondary N) is 4. The molecule has 1 saturated heterocycles. The number of pyridine rings is 1. The van der Waals surface area contributed by atoms with Crippen molar-refractivity contribution in [2.45, 2.75) is 71.6 Å². The lowest BCUT2D eigenvalue weighted by Crippen LogP contribution is -2.44. The summed E-state index contributed by atoms with van der Waals surface area (Å²) in [6.07, 6.45) is 6.09. The summed E-state index contributed by atoms with van der Waals surface area (Å²) >= 11 is 0. The average molecular weight is 639 g/mol. The Balaban J connectivity index is 1.32. The van der Waals surface area contributed by atoms with E-state index in [2.05, 4.69) is 15.6 Å². The molecular formula is C36H46N8O3. The number of ether oxygens (including phenoxy) is 1. The van der Waals surface area contributed by atoms with E-state index in [0.717, 1.165) is 29.5 Å². The molecule has 11 nitrogen and oxygen atoms in total. The number of likely N-dealkylation sites (tertiary alicyclic amines) is 1. The van der Waals surface area contributed by atoms with Crippen molar-refractivity contribution in [3.05, 3.63) is 101 Å². The molecule has 1 fully saturated rings. The van der Waals surface area contributed by atoms with Gasteiger partial charge in [-0.15, -0.1) is 0 Å². The van der Waals surface area contributed by atoms with Gasteiger partial charge < -0.3 is 25.8 Å². The summed E-state index contributed by atoms with van der Waals surface area (Å²) in [7, 11) is 0. The molecule has 1 aliphatic heterocycles. The van der Waals surface area contributed by atoms with E-state index in [9.17, 15) is 9.90 Å². The topological polar surface area (TPSA) is 165 Å². The van der Waals surface area contributed by atoms with E-state index in [1.807, 2.05) is 81.1 Å². The molecule has 0 unspecified atom stereocenters. The van der Waals surface area contributed by atoms with Crippen LogP contribution in [0.5, 0.6) is 5.75 Å². The van der Waals surface area contributed by atoms with Crippen molar-refractivity contribution in [2.75, 3.05) is 13.2 Å². The summed E-state index contributed by atoms with van der Waals surface area (Å²) < 4.78 is 7.96. The number of hydrogen-bond acceptors (Lipinski definition) is 7. The number of aromatic nitrogens is 1. The lowest BCUT2D eigenvalue weighted by atomic mass is 9.85. The molecule has 11 heteroatoms. The minimum atomic E-state index is -0.387. The zero-order valence-electron chi connectivity index (χ0n) is 27.6. The number of aliphatic imine (C=N–C) groups is 1. The van der Waals surface area contributed by atoms with Gasteiger partial charge in [0.1, 0.15) is 23.2 Å². The van der Waals surface area contributed by atoms with Crippen molar-refractivity contribution in [3.63, 3.8) is 0 Å². The number of allylic oxidation sites excluding steroid dienone is 1. The van der Waals surface area contributed by atoms with Crippen LogP contribution in [0.1, 0.15) is 75.3 Å². The number of amidine groups is 1. The summed E-state index contributed by atoms with van der Waals surface area (Å²) in [5.74, 6) is 1.04. The molecule has 2 heterocycles. The minimum absolute atomic E-state index is 0.0267. The second-order valence-electron chi connectivity index (χ2n) is 13.3. The SMILES string of the molecule is Cc1ccc(N=C(/C=C(\N)C(C)(C)C)NC(=O)N[C@H]2CC[C@@H](Oc3ccc(=N)n(C(=N)N4CCC[C@H]4CO)c3)c3ccccc32)cc1. The fourth-order valence-electron chi connectivity index (χ4n) is 5.89. The fraction of sp³-hybridized carbons (Fsp3) is 0.389. The van der Waals surface area contributed by atoms with Crippen LogP contribution in [0.2, 0.25) is 0 Å². The van der Waals surface area contributed by atoms with Crippen molar-refractivity contribution in [3.8, 4) is 5.75 Å². The van der Waals surface area contributed by atoms with Crippen LogP contribution in [-0.2, 0) is 0 Å². The Hall–Kier alpha value is -4.90. The molecule has 3 aromatic rings. The fourth-order valence-corrected chi connectivity index (χ4v) is 5.89. The maximum Gasteiger partial charge on any atom is 0.320 e. The number of carbonyl (C=O) groups is 1. The number of urea groups is 1. The van der Waals surface area contributed by atoms with E-state index >= 15 is 0 Å². The van der Waals surface area contributed by atoms with Gasteiger partial charge in [-0.05, 0) is 68.0 Å². The molecule has 47 heavy (non-hydrogen) atoms. The number of aryl methyl sites for hydroxylation is 1. The number of nitrogens with zero attached hydrogens (tertiary/aromatic N) is 3. The van der Waals surface area contributed by atoms with E-state index in [0.29, 0.717) is 42.4 Å². The van der Waals surface area contributed by atoms with Gasteiger partial charge in [-0.3, -0.25) is 20.7 Å². The quantitative estimate of drug-likeness (QED) is 0.157. The highest BCUT2D eigenvalue weighted by atomic mass is 16.5. The molecule has 248 valence electrons. The molecule has 7 N–H and O–H groups in total. The van der Waals surface area contributed by atoms with Crippen molar-refractivity contribution in [1.82, 2.24) is 20.1 Å². The first-order valence-electron chi connectivity index (χ1n) is 16.1. The number of hydrogen-bond donors (Lipinski definition) is 6. The van der Waals surface area contributed by atoms with Gasteiger partial charge in [0.2, 0.25) is 5.96 Å². The van der Waals surface area contributed by atoms with Crippen molar-refractivity contribution in [1.29, 1.82) is 10.8 Å². The molecule has 3 atom stereocenters. The predicted octanol–water partition coefficient (Wildman–Crippen LogP) is 5.39. The van der Waals surface area contributed by atoms with Gasteiger partial charge >= 0.3 is 6.03 Å². The van der Waals surface area contributed by atoms with Crippen LogP contribution in [0.3, 0.4) is 0 Å². The van der Waals surface area contributed by atoms with Gasteiger partial charge in [-0.25, -0.2) is 9.79 Å². The van der Waals surface area contributed by atoms with Crippen molar-refractivity contribution >= 4 is 23.5 Å². The second-order valence-corrected chi connectivity index (χ2v) is 13.3. The zero-order valence-corrected chi connectivity index (χ0v) is 27.6. The Labute approximate surface area is 276 Å². The zero-order chi connectivity index (χ0) is 33.7. The Kier molecular flexibility index (Phi) is 10.1. The first kappa shape index (κ1) is 33.5. The Morgan fingerprint density at radius 1 is 1.09 bits per heavy atom. The number of benzene rings is 2. The van der Waals surface area contributed by atoms with E-state index in [4.69, 9.17) is 21.3 Å². The number of nitrogens with two attached hydrogens (primary N) is 1. The van der Waals surface area contributed by atoms with Crippen LogP contribution in [0.15, 0.2) is 83.6 Å². The van der Waals surface area contributed by atoms with Gasteiger partial charge in [0, 0.05) is 23.7 Å². The lowest BCUT2D eigenvalue weighted by molar-refractivity contribution is 0.170. The van der Waals surface area contributed by atoms with Crippen LogP contribution < -0.4 is 26.6 Å². The molecule has 0 radical (unpaired) electrons. The smallest absolute Gasteiger partial charge is 0.320 e. The van der Waals surface area contributed by atoms with Gasteiger partial charge in [-0.2, -0.15) is 0 Å². The largest absolute Gasteiger partial charge is 0.484 e. The third kappa shape index (κ3) is 8.10. The highest BCUT2D eigenvalue weighted by molar-refractivity contribution is 6.05. The Morgan fingerprint density at radius 3 is 2.51 bits per heavy atom. The number of aliphatic hydroxyl groups excluding tert-OH is 1. The third-order valence-corrected chi connectivity index (χ3v) is 8.71. The molecule has 1 aliphatic carbocycles. The summed E-state index contributed by atoms with van der Waals surface area (Å²) in [6, 6.07) is 18.2. The molecule has 1 aromatic heterocycles. The highest BCUT2D eigenvalue weighted by Gasteiger charge is 2.31. The number of fused-ring (bicyclic) bond motifs is 1. The normalized spacial score (nSPS) is 20.0. The molecule has 2 aliphatic rings. The first-order chi connectivity index (χ1) is 22.4. The summed E-state index contributed by atoms with van der Waals surface area (Å²) in [4.78, 5) is 19.9. The third-order valence-electron chi connectivity index (χ3n) is 8.71. The maximum atomic E-state index is 13.4. The van der Waals surface area contributed by atoms with Gasteiger partial charge in [0.25, 0.3) is 0 Å². The first-order valence-corrected chi connectivity index (χ1v) is 16.1. The molecule has 0 spiro atoms. The van der Waals surface area contributed by atoms with E-state index < -0.39 is 0 Å². The van der Waals surface area contributed by atoms with Crippen molar-refractivity contribution in [2.24, 2.45) is 16.1 Å². The van der Waals surface area contributed by atoms with E-state index in [1.54, 1.807) is 24.4 Å². The predicted molar refractivity (Wildman–Crippen MR) is 184 cm³/mol. The Morgan fingerprint density at radius 2 is 1.81 bits per heavy atom. The Bertz CT molecular complexity index is 1720. The summed E-state index contributed by atoms with van der Waals surface area (Å²) in [5.41, 5.74) is 10.6. The van der Waals surface area contributed by atoms with Crippen LogP contribution in [-0.4, -0.2) is 51.6 Å². The molecule has 5 rings (SSSR count). The number of carbonyl (C=O) groups excluding carboxylic acids is 1. The standard InChI is InChI=1S/C36H46N8O3/c1-23-11-13-24(14-12-23)40-33(20-31(37)36(2,3)4)42-35(46)41-29-16-17-30(28-10-6-5-9-27(28)29)47-26-15-18-32(38)44(21-26)34(39)43-19-7-8-25(43)22-45/h5-6,9-15,18,20-21,25,29-30,38-39,45H,7-8,16-17,19,22,37H2,1-4H3,(H2,40,41,42,46)/b31-20-,38-32?,39-34?/t25-,29-,30+/m0/s1. The van der Waals surface area contributed by atoms with Crippen molar-refractivity contribution < 1.29 is 14.6 Å². The van der Waals surface area contributed by atoms with E-state index in [1.165, 1.54) is 4.57 Å². The molecule has 0 bridgehead atoms. The number of rotatable bonds is 6. The molecular weight excluding hydrogens is 592 g/mol. The maximum absolute atomic E-state index is 13.4. The average Bonchev–Trinajstić information content (AvgIpc) is 3.52. The minimum Gasteiger partial charge on any atom is -0.484 e.